The third-order valence-electron chi connectivity index (χ3n) is 4.14. The normalized spacial score (nSPS) is 11.2. The fourth-order valence-corrected chi connectivity index (χ4v) is 4.19. The summed E-state index contributed by atoms with van der Waals surface area (Å²) in [7, 11) is 0. The Labute approximate surface area is 148 Å². The van der Waals surface area contributed by atoms with Crippen molar-refractivity contribution < 1.29 is 4.79 Å². The first-order valence-electron chi connectivity index (χ1n) is 7.93. The Kier molecular flexibility index (Phi) is 3.69. The summed E-state index contributed by atoms with van der Waals surface area (Å²) < 4.78 is 0. The molecule has 0 atom stereocenters. The van der Waals surface area contributed by atoms with Crippen molar-refractivity contribution in [2.75, 3.05) is 5.32 Å². The molecule has 0 bridgehead atoms. The molecule has 0 aliphatic heterocycles. The lowest BCUT2D eigenvalue weighted by Crippen LogP contribution is -2.11. The summed E-state index contributed by atoms with van der Waals surface area (Å²) in [6, 6.07) is 9.75. The Balaban J connectivity index is 1.71. The van der Waals surface area contributed by atoms with Gasteiger partial charge in [-0.1, -0.05) is 18.2 Å². The van der Waals surface area contributed by atoms with E-state index >= 15 is 0 Å². The lowest BCUT2D eigenvalue weighted by atomic mass is 10.1. The third kappa shape index (κ3) is 2.74. The molecular formula is C19H16N4OS. The minimum Gasteiger partial charge on any atom is -0.320 e. The Bertz CT molecular complexity index is 1130. The Hall–Kier alpha value is -2.86. The maximum absolute atomic E-state index is 12.8. The minimum absolute atomic E-state index is 0.144. The lowest BCUT2D eigenvalue weighted by Gasteiger charge is -2.05. The number of para-hydroxylation sites is 1. The summed E-state index contributed by atoms with van der Waals surface area (Å²) in [6.07, 6.45) is 1.68. The minimum atomic E-state index is -0.144. The molecule has 25 heavy (non-hydrogen) atoms. The van der Waals surface area contributed by atoms with Gasteiger partial charge in [0.05, 0.1) is 22.3 Å². The van der Waals surface area contributed by atoms with Crippen LogP contribution in [0.3, 0.4) is 0 Å². The fourth-order valence-electron chi connectivity index (χ4n) is 3.02. The first-order valence-corrected chi connectivity index (χ1v) is 8.75. The van der Waals surface area contributed by atoms with E-state index < -0.39 is 0 Å². The summed E-state index contributed by atoms with van der Waals surface area (Å²) in [5.41, 5.74) is 3.41. The van der Waals surface area contributed by atoms with Crippen LogP contribution in [-0.2, 0) is 0 Å². The van der Waals surface area contributed by atoms with Gasteiger partial charge in [0.2, 0.25) is 0 Å². The average molecular weight is 348 g/mol. The lowest BCUT2D eigenvalue weighted by molar-refractivity contribution is 0.103. The van der Waals surface area contributed by atoms with E-state index in [1.165, 1.54) is 11.3 Å². The highest BCUT2D eigenvalue weighted by atomic mass is 32.1. The van der Waals surface area contributed by atoms with Gasteiger partial charge in [-0.2, -0.15) is 0 Å². The molecule has 0 unspecified atom stereocenters. The number of hydrogen-bond acceptors (Lipinski definition) is 5. The van der Waals surface area contributed by atoms with Gasteiger partial charge in [-0.25, -0.2) is 9.97 Å². The van der Waals surface area contributed by atoms with E-state index in [0.717, 1.165) is 38.2 Å². The van der Waals surface area contributed by atoms with Crippen LogP contribution in [0, 0.1) is 20.8 Å². The zero-order valence-corrected chi connectivity index (χ0v) is 14.9. The summed E-state index contributed by atoms with van der Waals surface area (Å²) in [4.78, 5) is 27.5. The first kappa shape index (κ1) is 15.7. The van der Waals surface area contributed by atoms with Gasteiger partial charge >= 0.3 is 0 Å². The number of anilines is 1. The quantitative estimate of drug-likeness (QED) is 0.582. The number of rotatable bonds is 2. The van der Waals surface area contributed by atoms with Crippen LogP contribution in [0.1, 0.15) is 26.8 Å². The van der Waals surface area contributed by atoms with Crippen LogP contribution in [0.5, 0.6) is 0 Å². The second-order valence-corrected chi connectivity index (χ2v) is 6.96. The SMILES string of the molecule is Cc1nc(C)c2c(C)c(C(=O)Nc3cnc4ccccc4c3)sc2n1. The molecule has 1 amide bonds. The zero-order valence-electron chi connectivity index (χ0n) is 14.1. The number of hydrogen-bond donors (Lipinski definition) is 1. The van der Waals surface area contributed by atoms with E-state index in [2.05, 4.69) is 20.3 Å². The molecule has 6 heteroatoms. The van der Waals surface area contributed by atoms with E-state index in [-0.39, 0.29) is 5.91 Å². The number of nitrogens with one attached hydrogen (secondary N) is 1. The second-order valence-electron chi connectivity index (χ2n) is 5.96. The molecule has 4 rings (SSSR count). The zero-order chi connectivity index (χ0) is 17.6. The number of fused-ring (bicyclic) bond motifs is 2. The van der Waals surface area contributed by atoms with Crippen LogP contribution in [0.15, 0.2) is 36.5 Å². The topological polar surface area (TPSA) is 67.8 Å². The van der Waals surface area contributed by atoms with Crippen LogP contribution in [0.2, 0.25) is 0 Å². The van der Waals surface area contributed by atoms with E-state index in [4.69, 9.17) is 0 Å². The fraction of sp³-hybridized carbons (Fsp3) is 0.158. The van der Waals surface area contributed by atoms with E-state index in [0.29, 0.717) is 10.6 Å². The molecule has 0 spiro atoms. The van der Waals surface area contributed by atoms with Crippen LogP contribution >= 0.6 is 11.3 Å². The summed E-state index contributed by atoms with van der Waals surface area (Å²) in [5.74, 6) is 0.576. The number of aromatic nitrogens is 3. The number of amides is 1. The number of carbonyl (C=O) groups is 1. The molecule has 1 aromatic carbocycles. The van der Waals surface area contributed by atoms with Crippen molar-refractivity contribution >= 4 is 44.1 Å². The van der Waals surface area contributed by atoms with Crippen molar-refractivity contribution in [3.63, 3.8) is 0 Å². The highest BCUT2D eigenvalue weighted by molar-refractivity contribution is 7.20. The second kappa shape index (κ2) is 5.89. The molecule has 0 aliphatic rings. The van der Waals surface area contributed by atoms with E-state index in [9.17, 15) is 4.79 Å². The van der Waals surface area contributed by atoms with Gasteiger partial charge in [0, 0.05) is 16.5 Å². The van der Waals surface area contributed by atoms with Gasteiger partial charge in [-0.3, -0.25) is 9.78 Å². The average Bonchev–Trinajstić information content (AvgIpc) is 2.91. The molecule has 4 aromatic rings. The number of pyridine rings is 1. The Morgan fingerprint density at radius 3 is 2.76 bits per heavy atom. The summed E-state index contributed by atoms with van der Waals surface area (Å²) in [5, 5.41) is 4.91. The maximum atomic E-state index is 12.8. The van der Waals surface area contributed by atoms with Crippen LogP contribution in [0.4, 0.5) is 5.69 Å². The summed E-state index contributed by atoms with van der Waals surface area (Å²) in [6.45, 7) is 5.76. The van der Waals surface area contributed by atoms with Gasteiger partial charge in [0.15, 0.2) is 0 Å². The smallest absolute Gasteiger partial charge is 0.266 e. The number of carbonyl (C=O) groups excluding carboxylic acids is 1. The largest absolute Gasteiger partial charge is 0.320 e. The number of thiophene rings is 1. The van der Waals surface area contributed by atoms with Crippen molar-refractivity contribution in [3.8, 4) is 0 Å². The molecule has 5 nitrogen and oxygen atoms in total. The highest BCUT2D eigenvalue weighted by Crippen LogP contribution is 2.31. The van der Waals surface area contributed by atoms with Crippen molar-refractivity contribution in [2.24, 2.45) is 0 Å². The van der Waals surface area contributed by atoms with Crippen LogP contribution in [-0.4, -0.2) is 20.9 Å². The van der Waals surface area contributed by atoms with Gasteiger partial charge in [0.25, 0.3) is 5.91 Å². The van der Waals surface area contributed by atoms with Crippen molar-refractivity contribution in [2.45, 2.75) is 20.8 Å². The predicted octanol–water partition coefficient (Wildman–Crippen LogP) is 4.42. The van der Waals surface area contributed by atoms with Crippen LogP contribution < -0.4 is 5.32 Å². The van der Waals surface area contributed by atoms with Crippen molar-refractivity contribution in [3.05, 3.63) is 58.5 Å². The van der Waals surface area contributed by atoms with E-state index in [1.807, 2.05) is 51.1 Å². The molecule has 3 heterocycles. The standard InChI is InChI=1S/C19H16N4OS/c1-10-16-11(2)21-12(3)22-19(16)25-17(10)18(24)23-14-8-13-6-4-5-7-15(13)20-9-14/h4-9H,1-3H3,(H,23,24). The van der Waals surface area contributed by atoms with Gasteiger partial charge in [-0.15, -0.1) is 11.3 Å². The Morgan fingerprint density at radius 2 is 1.92 bits per heavy atom. The molecule has 0 fully saturated rings. The number of nitrogens with zero attached hydrogens (tertiary/aromatic N) is 3. The molecule has 0 aliphatic carbocycles. The van der Waals surface area contributed by atoms with Gasteiger partial charge in [0.1, 0.15) is 10.7 Å². The van der Waals surface area contributed by atoms with Crippen molar-refractivity contribution in [1.29, 1.82) is 0 Å². The maximum Gasteiger partial charge on any atom is 0.266 e. The van der Waals surface area contributed by atoms with E-state index in [1.54, 1.807) is 6.20 Å². The van der Waals surface area contributed by atoms with Crippen LogP contribution in [0.25, 0.3) is 21.1 Å². The summed E-state index contributed by atoms with van der Waals surface area (Å²) >= 11 is 1.40. The monoisotopic (exact) mass is 348 g/mol. The third-order valence-corrected chi connectivity index (χ3v) is 5.32. The number of aryl methyl sites for hydroxylation is 3. The molecule has 0 saturated carbocycles. The Morgan fingerprint density at radius 1 is 1.12 bits per heavy atom. The predicted molar refractivity (Wildman–Crippen MR) is 101 cm³/mol. The molecule has 124 valence electrons. The van der Waals surface area contributed by atoms with Crippen molar-refractivity contribution in [1.82, 2.24) is 15.0 Å². The highest BCUT2D eigenvalue weighted by Gasteiger charge is 2.19. The number of benzene rings is 1. The molecule has 1 N–H and O–H groups in total. The molecule has 3 aromatic heterocycles. The first-order chi connectivity index (χ1) is 12.0. The molecular weight excluding hydrogens is 332 g/mol. The molecule has 0 radical (unpaired) electrons. The van der Waals surface area contributed by atoms with Gasteiger partial charge < -0.3 is 5.32 Å². The molecule has 0 saturated heterocycles. The van der Waals surface area contributed by atoms with Gasteiger partial charge in [-0.05, 0) is 38.5 Å².